The van der Waals surface area contributed by atoms with Gasteiger partial charge in [0.05, 0.1) is 6.04 Å². The van der Waals surface area contributed by atoms with Gasteiger partial charge in [-0.05, 0) is 18.9 Å². The van der Waals surface area contributed by atoms with Gasteiger partial charge in [-0.1, -0.05) is 30.3 Å². The van der Waals surface area contributed by atoms with E-state index in [0.717, 1.165) is 39.1 Å². The lowest BCUT2D eigenvalue weighted by molar-refractivity contribution is -0.132. The van der Waals surface area contributed by atoms with Crippen LogP contribution in [0.5, 0.6) is 0 Å². The van der Waals surface area contributed by atoms with Crippen LogP contribution in [0, 0.1) is 0 Å². The Kier molecular flexibility index (Phi) is 9.62. The van der Waals surface area contributed by atoms with Crippen molar-refractivity contribution >= 4 is 30.7 Å². The topological polar surface area (TPSA) is 49.6 Å². The predicted octanol–water partition coefficient (Wildman–Crippen LogP) is 1.91. The van der Waals surface area contributed by atoms with Gasteiger partial charge in [-0.15, -0.1) is 24.8 Å². The molecule has 0 aromatic heterocycles. The van der Waals surface area contributed by atoms with Gasteiger partial charge in [-0.3, -0.25) is 9.69 Å². The van der Waals surface area contributed by atoms with E-state index >= 15 is 0 Å². The summed E-state index contributed by atoms with van der Waals surface area (Å²) in [6.45, 7) is 6.29. The van der Waals surface area contributed by atoms with E-state index in [1.54, 1.807) is 6.92 Å². The molecular formula is C15H25Cl2N3O. The van der Waals surface area contributed by atoms with Crippen LogP contribution in [0.1, 0.15) is 18.9 Å². The van der Waals surface area contributed by atoms with Crippen molar-refractivity contribution in [3.8, 4) is 0 Å². The summed E-state index contributed by atoms with van der Waals surface area (Å²) in [5.41, 5.74) is 7.00. The molecule has 120 valence electrons. The van der Waals surface area contributed by atoms with Gasteiger partial charge in [-0.2, -0.15) is 0 Å². The third-order valence-corrected chi connectivity index (χ3v) is 3.54. The molecule has 4 nitrogen and oxygen atoms in total. The van der Waals surface area contributed by atoms with Crippen LogP contribution in [-0.2, 0) is 11.3 Å². The zero-order chi connectivity index (χ0) is 13.7. The molecule has 0 aliphatic carbocycles. The molecule has 1 aliphatic heterocycles. The minimum absolute atomic E-state index is 0. The van der Waals surface area contributed by atoms with Gasteiger partial charge >= 0.3 is 0 Å². The monoisotopic (exact) mass is 333 g/mol. The van der Waals surface area contributed by atoms with Crippen molar-refractivity contribution in [1.29, 1.82) is 0 Å². The quantitative estimate of drug-likeness (QED) is 0.919. The lowest BCUT2D eigenvalue weighted by Crippen LogP contribution is -2.43. The highest BCUT2D eigenvalue weighted by molar-refractivity contribution is 5.85. The number of nitrogens with two attached hydrogens (primary N) is 1. The molecular weight excluding hydrogens is 309 g/mol. The van der Waals surface area contributed by atoms with Gasteiger partial charge < -0.3 is 10.6 Å². The molecule has 1 aromatic rings. The maximum atomic E-state index is 11.9. The van der Waals surface area contributed by atoms with Crippen molar-refractivity contribution in [2.75, 3.05) is 26.2 Å². The molecule has 21 heavy (non-hydrogen) atoms. The van der Waals surface area contributed by atoms with Gasteiger partial charge in [0.25, 0.3) is 0 Å². The minimum Gasteiger partial charge on any atom is -0.340 e. The molecule has 1 fully saturated rings. The van der Waals surface area contributed by atoms with E-state index in [1.165, 1.54) is 5.56 Å². The summed E-state index contributed by atoms with van der Waals surface area (Å²) < 4.78 is 0. The lowest BCUT2D eigenvalue weighted by Gasteiger charge is -2.23. The van der Waals surface area contributed by atoms with Crippen LogP contribution >= 0.6 is 24.8 Å². The number of rotatable bonds is 3. The predicted molar refractivity (Wildman–Crippen MR) is 91.1 cm³/mol. The Hall–Kier alpha value is -0.810. The SMILES string of the molecule is C[C@@H](N)C(=O)N1CCCN(Cc2ccccc2)CC1.Cl.Cl. The van der Waals surface area contributed by atoms with Crippen molar-refractivity contribution in [3.05, 3.63) is 35.9 Å². The molecule has 0 bridgehead atoms. The van der Waals surface area contributed by atoms with E-state index in [9.17, 15) is 4.79 Å². The first-order valence-electron chi connectivity index (χ1n) is 6.97. The van der Waals surface area contributed by atoms with Crippen molar-refractivity contribution in [1.82, 2.24) is 9.80 Å². The van der Waals surface area contributed by atoms with Crippen molar-refractivity contribution < 1.29 is 4.79 Å². The van der Waals surface area contributed by atoms with Crippen molar-refractivity contribution in [3.63, 3.8) is 0 Å². The fourth-order valence-corrected chi connectivity index (χ4v) is 2.48. The Morgan fingerprint density at radius 2 is 1.81 bits per heavy atom. The Labute approximate surface area is 139 Å². The third-order valence-electron chi connectivity index (χ3n) is 3.54. The molecule has 0 unspecified atom stereocenters. The molecule has 2 N–H and O–H groups in total. The summed E-state index contributed by atoms with van der Waals surface area (Å²) in [5, 5.41) is 0. The first-order valence-corrected chi connectivity index (χ1v) is 6.97. The maximum absolute atomic E-state index is 11.9. The smallest absolute Gasteiger partial charge is 0.239 e. The summed E-state index contributed by atoms with van der Waals surface area (Å²) in [4.78, 5) is 16.2. The van der Waals surface area contributed by atoms with E-state index in [1.807, 2.05) is 11.0 Å². The largest absolute Gasteiger partial charge is 0.340 e. The highest BCUT2D eigenvalue weighted by Crippen LogP contribution is 2.09. The molecule has 2 rings (SSSR count). The van der Waals surface area contributed by atoms with E-state index < -0.39 is 0 Å². The van der Waals surface area contributed by atoms with E-state index in [-0.39, 0.29) is 36.8 Å². The summed E-state index contributed by atoms with van der Waals surface area (Å²) in [5.74, 6) is 0.0709. The molecule has 1 saturated heterocycles. The Morgan fingerprint density at radius 3 is 2.43 bits per heavy atom. The highest BCUT2D eigenvalue weighted by Gasteiger charge is 2.21. The normalized spacial score (nSPS) is 17.1. The second-order valence-electron chi connectivity index (χ2n) is 5.23. The Balaban J connectivity index is 0.00000200. The van der Waals surface area contributed by atoms with E-state index in [4.69, 9.17) is 5.73 Å². The van der Waals surface area contributed by atoms with Gasteiger partial charge in [0.2, 0.25) is 5.91 Å². The number of halogens is 2. The van der Waals surface area contributed by atoms with Crippen LogP contribution in [-0.4, -0.2) is 47.9 Å². The van der Waals surface area contributed by atoms with Gasteiger partial charge in [0.15, 0.2) is 0 Å². The van der Waals surface area contributed by atoms with Crippen LogP contribution in [0.4, 0.5) is 0 Å². The van der Waals surface area contributed by atoms with E-state index in [2.05, 4.69) is 29.2 Å². The number of carbonyl (C=O) groups excluding carboxylic acids is 1. The molecule has 1 heterocycles. The lowest BCUT2D eigenvalue weighted by atomic mass is 10.2. The molecule has 1 aliphatic rings. The average Bonchev–Trinajstić information content (AvgIpc) is 2.64. The summed E-state index contributed by atoms with van der Waals surface area (Å²) in [7, 11) is 0. The van der Waals surface area contributed by atoms with Crippen LogP contribution in [0.2, 0.25) is 0 Å². The van der Waals surface area contributed by atoms with Crippen LogP contribution in [0.15, 0.2) is 30.3 Å². The zero-order valence-electron chi connectivity index (χ0n) is 12.4. The zero-order valence-corrected chi connectivity index (χ0v) is 14.0. The molecule has 1 aromatic carbocycles. The maximum Gasteiger partial charge on any atom is 0.239 e. The standard InChI is InChI=1S/C15H23N3O.2ClH/c1-13(16)15(19)18-9-5-8-17(10-11-18)12-14-6-3-2-4-7-14;;/h2-4,6-7,13H,5,8-12,16H2,1H3;2*1H/t13-;;/m1../s1. The first-order chi connectivity index (χ1) is 9.16. The summed E-state index contributed by atoms with van der Waals surface area (Å²) in [6, 6.07) is 10.1. The highest BCUT2D eigenvalue weighted by atomic mass is 35.5. The average molecular weight is 334 g/mol. The minimum atomic E-state index is -0.388. The number of nitrogens with zero attached hydrogens (tertiary/aromatic N) is 2. The number of carbonyl (C=O) groups is 1. The number of hydrogen-bond donors (Lipinski definition) is 1. The van der Waals surface area contributed by atoms with Crippen molar-refractivity contribution in [2.45, 2.75) is 25.9 Å². The second kappa shape index (κ2) is 10.0. The van der Waals surface area contributed by atoms with Crippen molar-refractivity contribution in [2.24, 2.45) is 5.73 Å². The van der Waals surface area contributed by atoms with Gasteiger partial charge in [-0.25, -0.2) is 0 Å². The molecule has 0 saturated carbocycles. The molecule has 6 heteroatoms. The Morgan fingerprint density at radius 1 is 1.14 bits per heavy atom. The third kappa shape index (κ3) is 6.22. The second-order valence-corrected chi connectivity index (χ2v) is 5.23. The first kappa shape index (κ1) is 20.2. The van der Waals surface area contributed by atoms with Crippen LogP contribution < -0.4 is 5.73 Å². The summed E-state index contributed by atoms with van der Waals surface area (Å²) in [6.07, 6.45) is 1.02. The number of hydrogen-bond acceptors (Lipinski definition) is 3. The van der Waals surface area contributed by atoms with E-state index in [0.29, 0.717) is 0 Å². The van der Waals surface area contributed by atoms with Crippen LogP contribution in [0.3, 0.4) is 0 Å². The Bertz CT molecular complexity index is 415. The van der Waals surface area contributed by atoms with Gasteiger partial charge in [0.1, 0.15) is 0 Å². The molecule has 1 atom stereocenters. The molecule has 0 radical (unpaired) electrons. The molecule has 1 amide bonds. The molecule has 0 spiro atoms. The van der Waals surface area contributed by atoms with Gasteiger partial charge in [0, 0.05) is 32.7 Å². The number of benzene rings is 1. The van der Waals surface area contributed by atoms with Crippen LogP contribution in [0.25, 0.3) is 0 Å². The summed E-state index contributed by atoms with van der Waals surface area (Å²) >= 11 is 0. The fourth-order valence-electron chi connectivity index (χ4n) is 2.48. The fraction of sp³-hybridized carbons (Fsp3) is 0.533. The number of amides is 1.